The third kappa shape index (κ3) is 3.19. The van der Waals surface area contributed by atoms with Gasteiger partial charge in [0.2, 0.25) is 0 Å². The first kappa shape index (κ1) is 15.0. The molecule has 20 heavy (non-hydrogen) atoms. The fraction of sp³-hybridized carbons (Fsp3) is 0.250. The minimum absolute atomic E-state index is 0.0145. The molecule has 2 N–H and O–H groups in total. The number of hydrogen-bond acceptors (Lipinski definition) is 2. The second-order valence-corrected chi connectivity index (χ2v) is 5.57. The molecule has 0 saturated carbocycles. The van der Waals surface area contributed by atoms with Crippen molar-refractivity contribution in [2.24, 2.45) is 5.73 Å². The van der Waals surface area contributed by atoms with Gasteiger partial charge in [-0.1, -0.05) is 22.0 Å². The third-order valence-corrected chi connectivity index (χ3v) is 3.93. The van der Waals surface area contributed by atoms with Gasteiger partial charge in [-0.25, -0.2) is 4.39 Å². The van der Waals surface area contributed by atoms with E-state index in [9.17, 15) is 4.39 Å². The van der Waals surface area contributed by atoms with Gasteiger partial charge in [0.25, 0.3) is 0 Å². The summed E-state index contributed by atoms with van der Waals surface area (Å²) < 4.78 is 14.0. The molecular weight excluding hydrogens is 319 g/mol. The van der Waals surface area contributed by atoms with Crippen LogP contribution in [0.5, 0.6) is 0 Å². The average molecular weight is 337 g/mol. The lowest BCUT2D eigenvalue weighted by molar-refractivity contribution is 0.628. The molecule has 0 aliphatic rings. The van der Waals surface area contributed by atoms with Gasteiger partial charge >= 0.3 is 0 Å². The van der Waals surface area contributed by atoms with Gasteiger partial charge in [-0.3, -0.25) is 0 Å². The van der Waals surface area contributed by atoms with Crippen LogP contribution in [0.2, 0.25) is 0 Å². The molecule has 106 valence electrons. The van der Waals surface area contributed by atoms with Crippen molar-refractivity contribution in [3.8, 4) is 0 Å². The second-order valence-electron chi connectivity index (χ2n) is 4.72. The molecule has 0 saturated heterocycles. The van der Waals surface area contributed by atoms with Crippen molar-refractivity contribution in [1.29, 1.82) is 0 Å². The fourth-order valence-corrected chi connectivity index (χ4v) is 2.92. The van der Waals surface area contributed by atoms with Crippen molar-refractivity contribution in [3.63, 3.8) is 0 Å². The van der Waals surface area contributed by atoms with E-state index in [1.165, 1.54) is 12.1 Å². The Morgan fingerprint density at radius 3 is 2.25 bits per heavy atom. The highest BCUT2D eigenvalue weighted by atomic mass is 79.9. The monoisotopic (exact) mass is 336 g/mol. The summed E-state index contributed by atoms with van der Waals surface area (Å²) in [6, 6.07) is 12.6. The van der Waals surface area contributed by atoms with Gasteiger partial charge in [0, 0.05) is 28.4 Å². The number of hydrogen-bond donors (Lipinski definition) is 1. The molecule has 0 heterocycles. The first-order chi connectivity index (χ1) is 9.52. The Balaban J connectivity index is 2.37. The van der Waals surface area contributed by atoms with E-state index in [2.05, 4.69) is 27.8 Å². The smallest absolute Gasteiger partial charge is 0.123 e. The number of nitrogens with zero attached hydrogens (tertiary/aromatic N) is 1. The van der Waals surface area contributed by atoms with Gasteiger partial charge in [-0.15, -0.1) is 0 Å². The molecule has 1 atom stereocenters. The molecule has 0 amide bonds. The fourth-order valence-electron chi connectivity index (χ4n) is 2.19. The number of anilines is 2. The van der Waals surface area contributed by atoms with Gasteiger partial charge in [-0.05, 0) is 55.8 Å². The number of benzene rings is 2. The lowest BCUT2D eigenvalue weighted by atomic mass is 10.1. The van der Waals surface area contributed by atoms with E-state index in [1.54, 1.807) is 12.1 Å². The summed E-state index contributed by atoms with van der Waals surface area (Å²) in [4.78, 5) is 2.12. The lowest BCUT2D eigenvalue weighted by Gasteiger charge is -2.24. The predicted molar refractivity (Wildman–Crippen MR) is 85.8 cm³/mol. The molecule has 0 bridgehead atoms. The lowest BCUT2D eigenvalue weighted by Crippen LogP contribution is -2.16. The molecule has 0 spiro atoms. The molecule has 0 fully saturated rings. The van der Waals surface area contributed by atoms with E-state index < -0.39 is 0 Å². The zero-order valence-electron chi connectivity index (χ0n) is 11.6. The van der Waals surface area contributed by atoms with Crippen molar-refractivity contribution in [1.82, 2.24) is 0 Å². The van der Waals surface area contributed by atoms with E-state index in [-0.39, 0.29) is 11.9 Å². The zero-order valence-corrected chi connectivity index (χ0v) is 13.2. The van der Waals surface area contributed by atoms with Crippen LogP contribution >= 0.6 is 15.9 Å². The standard InChI is InChI=1S/C16H18BrFN2/c1-3-20(13-6-4-12(18)5-7-13)14-8-9-15(11(2)19)16(17)10-14/h4-11H,3,19H2,1-2H3. The Labute approximate surface area is 127 Å². The summed E-state index contributed by atoms with van der Waals surface area (Å²) in [5, 5.41) is 0. The third-order valence-electron chi connectivity index (χ3n) is 3.24. The Morgan fingerprint density at radius 2 is 1.75 bits per heavy atom. The zero-order chi connectivity index (χ0) is 14.7. The highest BCUT2D eigenvalue weighted by Gasteiger charge is 2.11. The van der Waals surface area contributed by atoms with Gasteiger partial charge in [0.1, 0.15) is 5.82 Å². The van der Waals surface area contributed by atoms with Gasteiger partial charge in [0.15, 0.2) is 0 Å². The molecule has 4 heteroatoms. The summed E-state index contributed by atoms with van der Waals surface area (Å²) in [5.74, 6) is -0.224. The van der Waals surface area contributed by atoms with Crippen LogP contribution in [0.15, 0.2) is 46.9 Å². The minimum atomic E-state index is -0.224. The maximum Gasteiger partial charge on any atom is 0.123 e. The molecule has 2 aromatic rings. The van der Waals surface area contributed by atoms with Gasteiger partial charge in [-0.2, -0.15) is 0 Å². The van der Waals surface area contributed by atoms with E-state index in [0.717, 1.165) is 28.0 Å². The van der Waals surface area contributed by atoms with Crippen LogP contribution in [-0.4, -0.2) is 6.54 Å². The molecule has 2 aromatic carbocycles. The molecule has 0 aliphatic heterocycles. The van der Waals surface area contributed by atoms with Crippen LogP contribution in [0, 0.1) is 5.82 Å². The summed E-state index contributed by atoms with van der Waals surface area (Å²) >= 11 is 3.56. The minimum Gasteiger partial charge on any atom is -0.342 e. The Kier molecular flexibility index (Phi) is 4.78. The van der Waals surface area contributed by atoms with Gasteiger partial charge in [0.05, 0.1) is 0 Å². The van der Waals surface area contributed by atoms with Crippen LogP contribution in [-0.2, 0) is 0 Å². The topological polar surface area (TPSA) is 29.3 Å². The molecule has 2 rings (SSSR count). The highest BCUT2D eigenvalue weighted by molar-refractivity contribution is 9.10. The normalized spacial score (nSPS) is 12.2. The molecular formula is C16H18BrFN2. The first-order valence-corrected chi connectivity index (χ1v) is 7.40. The van der Waals surface area contributed by atoms with Gasteiger partial charge < -0.3 is 10.6 Å². The van der Waals surface area contributed by atoms with Crippen molar-refractivity contribution in [2.75, 3.05) is 11.4 Å². The Hall–Kier alpha value is -1.39. The van der Waals surface area contributed by atoms with Crippen molar-refractivity contribution in [3.05, 3.63) is 58.3 Å². The van der Waals surface area contributed by atoms with Crippen LogP contribution in [0.3, 0.4) is 0 Å². The van der Waals surface area contributed by atoms with E-state index in [0.29, 0.717) is 0 Å². The SMILES string of the molecule is CCN(c1ccc(F)cc1)c1ccc(C(C)N)c(Br)c1. The first-order valence-electron chi connectivity index (χ1n) is 6.61. The molecule has 2 nitrogen and oxygen atoms in total. The van der Waals surface area contributed by atoms with E-state index in [4.69, 9.17) is 5.73 Å². The summed E-state index contributed by atoms with van der Waals surface area (Å²) in [6.07, 6.45) is 0. The van der Waals surface area contributed by atoms with Crippen molar-refractivity contribution < 1.29 is 4.39 Å². The molecule has 1 unspecified atom stereocenters. The van der Waals surface area contributed by atoms with E-state index in [1.807, 2.05) is 25.1 Å². The largest absolute Gasteiger partial charge is 0.342 e. The number of halogens is 2. The second kappa shape index (κ2) is 6.37. The van der Waals surface area contributed by atoms with E-state index >= 15 is 0 Å². The Bertz CT molecular complexity index is 582. The van der Waals surface area contributed by atoms with Crippen molar-refractivity contribution in [2.45, 2.75) is 19.9 Å². The summed E-state index contributed by atoms with van der Waals surface area (Å²) in [6.45, 7) is 4.82. The highest BCUT2D eigenvalue weighted by Crippen LogP contribution is 2.31. The Morgan fingerprint density at radius 1 is 1.15 bits per heavy atom. The average Bonchev–Trinajstić information content (AvgIpc) is 2.41. The van der Waals surface area contributed by atoms with Crippen LogP contribution in [0.1, 0.15) is 25.5 Å². The summed E-state index contributed by atoms with van der Waals surface area (Å²) in [5.41, 5.74) is 9.01. The maximum atomic E-state index is 13.0. The number of nitrogens with two attached hydrogens (primary N) is 1. The molecule has 0 aromatic heterocycles. The number of rotatable bonds is 4. The van der Waals surface area contributed by atoms with Crippen LogP contribution in [0.25, 0.3) is 0 Å². The summed E-state index contributed by atoms with van der Waals surface area (Å²) in [7, 11) is 0. The quantitative estimate of drug-likeness (QED) is 0.871. The van der Waals surface area contributed by atoms with Crippen LogP contribution < -0.4 is 10.6 Å². The molecule has 0 aliphatic carbocycles. The molecule has 0 radical (unpaired) electrons. The maximum absolute atomic E-state index is 13.0. The predicted octanol–water partition coefficient (Wildman–Crippen LogP) is 4.77. The van der Waals surface area contributed by atoms with Crippen molar-refractivity contribution >= 4 is 27.3 Å². The van der Waals surface area contributed by atoms with Crippen LogP contribution in [0.4, 0.5) is 15.8 Å².